The van der Waals surface area contributed by atoms with E-state index in [1.807, 2.05) is 36.4 Å². The first kappa shape index (κ1) is 9.44. The van der Waals surface area contributed by atoms with E-state index in [1.165, 1.54) is 0 Å². The molecule has 0 spiro atoms. The molecule has 2 nitrogen and oxygen atoms in total. The summed E-state index contributed by atoms with van der Waals surface area (Å²) >= 11 is 0. The number of hydrogen-bond acceptors (Lipinski definition) is 2. The number of benzene rings is 1. The van der Waals surface area contributed by atoms with Crippen molar-refractivity contribution in [1.29, 1.82) is 0 Å². The maximum absolute atomic E-state index is 9.77. The third kappa shape index (κ3) is 1.72. The number of allylic oxidation sites excluding steroid dienone is 1. The van der Waals surface area contributed by atoms with Crippen molar-refractivity contribution in [1.82, 2.24) is 0 Å². The molecule has 0 aliphatic heterocycles. The molecule has 0 amide bonds. The zero-order chi connectivity index (χ0) is 9.97. The Morgan fingerprint density at radius 3 is 2.50 bits per heavy atom. The summed E-state index contributed by atoms with van der Waals surface area (Å²) in [5.41, 5.74) is 1.85. The highest BCUT2D eigenvalue weighted by Crippen LogP contribution is 2.27. The Morgan fingerprint density at radius 1 is 1.07 bits per heavy atom. The van der Waals surface area contributed by atoms with Gasteiger partial charge in [-0.2, -0.15) is 0 Å². The van der Waals surface area contributed by atoms with E-state index in [2.05, 4.69) is 0 Å². The number of aliphatic hydroxyl groups is 2. The molecular weight excluding hydrogens is 176 g/mol. The van der Waals surface area contributed by atoms with Gasteiger partial charge in [0.25, 0.3) is 0 Å². The van der Waals surface area contributed by atoms with Crippen molar-refractivity contribution in [2.75, 3.05) is 0 Å². The van der Waals surface area contributed by atoms with E-state index in [-0.39, 0.29) is 0 Å². The Morgan fingerprint density at radius 2 is 1.79 bits per heavy atom. The summed E-state index contributed by atoms with van der Waals surface area (Å²) in [6.07, 6.45) is 2.15. The van der Waals surface area contributed by atoms with Gasteiger partial charge in [-0.1, -0.05) is 36.4 Å². The minimum Gasteiger partial charge on any atom is -0.390 e. The maximum Gasteiger partial charge on any atom is 0.105 e. The Bertz CT molecular complexity index is 329. The average molecular weight is 190 g/mol. The summed E-state index contributed by atoms with van der Waals surface area (Å²) in [7, 11) is 0. The summed E-state index contributed by atoms with van der Waals surface area (Å²) in [6.45, 7) is 0. The normalized spacial score (nSPS) is 27.1. The zero-order valence-electron chi connectivity index (χ0n) is 7.93. The van der Waals surface area contributed by atoms with Gasteiger partial charge in [-0.15, -0.1) is 0 Å². The van der Waals surface area contributed by atoms with Crippen LogP contribution in [0.25, 0.3) is 5.57 Å². The van der Waals surface area contributed by atoms with Crippen LogP contribution in [-0.2, 0) is 0 Å². The van der Waals surface area contributed by atoms with Crippen LogP contribution in [0.1, 0.15) is 18.4 Å². The largest absolute Gasteiger partial charge is 0.390 e. The monoisotopic (exact) mass is 190 g/mol. The van der Waals surface area contributed by atoms with Crippen molar-refractivity contribution in [3.63, 3.8) is 0 Å². The molecule has 14 heavy (non-hydrogen) atoms. The van der Waals surface area contributed by atoms with Crippen LogP contribution in [0.4, 0.5) is 0 Å². The van der Waals surface area contributed by atoms with E-state index < -0.39 is 12.2 Å². The molecule has 0 radical (unpaired) electrons. The Labute approximate surface area is 83.5 Å². The van der Waals surface area contributed by atoms with Gasteiger partial charge < -0.3 is 10.2 Å². The predicted octanol–water partition coefficient (Wildman–Crippen LogP) is 1.59. The van der Waals surface area contributed by atoms with Crippen molar-refractivity contribution in [2.45, 2.75) is 25.0 Å². The second-order valence-corrected chi connectivity index (χ2v) is 3.62. The molecule has 0 saturated carbocycles. The fourth-order valence-corrected chi connectivity index (χ4v) is 1.81. The first-order valence-corrected chi connectivity index (χ1v) is 4.90. The molecule has 2 N–H and O–H groups in total. The van der Waals surface area contributed by atoms with Crippen LogP contribution in [0.3, 0.4) is 0 Å². The van der Waals surface area contributed by atoms with Gasteiger partial charge >= 0.3 is 0 Å². The van der Waals surface area contributed by atoms with Crippen molar-refractivity contribution in [2.24, 2.45) is 0 Å². The molecule has 0 saturated heterocycles. The lowest BCUT2D eigenvalue weighted by atomic mass is 9.89. The van der Waals surface area contributed by atoms with Gasteiger partial charge in [0.15, 0.2) is 0 Å². The molecule has 0 heterocycles. The molecule has 74 valence electrons. The van der Waals surface area contributed by atoms with Gasteiger partial charge in [-0.05, 0) is 24.0 Å². The zero-order valence-corrected chi connectivity index (χ0v) is 7.93. The van der Waals surface area contributed by atoms with E-state index in [0.29, 0.717) is 6.42 Å². The highest BCUT2D eigenvalue weighted by atomic mass is 16.3. The fraction of sp³-hybridized carbons (Fsp3) is 0.333. The Kier molecular flexibility index (Phi) is 2.66. The van der Waals surface area contributed by atoms with Crippen LogP contribution >= 0.6 is 0 Å². The van der Waals surface area contributed by atoms with E-state index in [0.717, 1.165) is 17.6 Å². The van der Waals surface area contributed by atoms with Crippen LogP contribution in [0.5, 0.6) is 0 Å². The van der Waals surface area contributed by atoms with Crippen LogP contribution in [0, 0.1) is 0 Å². The van der Waals surface area contributed by atoms with Crippen LogP contribution in [0.15, 0.2) is 36.4 Å². The summed E-state index contributed by atoms with van der Waals surface area (Å²) < 4.78 is 0. The first-order valence-electron chi connectivity index (χ1n) is 4.90. The van der Waals surface area contributed by atoms with Crippen LogP contribution in [0.2, 0.25) is 0 Å². The minimum absolute atomic E-state index is 0.616. The van der Waals surface area contributed by atoms with Gasteiger partial charge in [0.1, 0.15) is 6.10 Å². The van der Waals surface area contributed by atoms with Crippen molar-refractivity contribution in [3.05, 3.63) is 42.0 Å². The summed E-state index contributed by atoms with van der Waals surface area (Å²) in [6, 6.07) is 9.71. The minimum atomic E-state index is -0.730. The summed E-state index contributed by atoms with van der Waals surface area (Å²) in [5, 5.41) is 19.3. The molecule has 2 heteroatoms. The summed E-state index contributed by atoms with van der Waals surface area (Å²) in [4.78, 5) is 0. The molecule has 2 rings (SSSR count). The standard InChI is InChI=1S/C12H14O2/c13-11-8-4-7-10(12(11)14)9-5-2-1-3-6-9/h1-3,5-7,11-14H,4,8H2. The lowest BCUT2D eigenvalue weighted by molar-refractivity contribution is 0.0453. The molecule has 0 fully saturated rings. The molecule has 0 bridgehead atoms. The fourth-order valence-electron chi connectivity index (χ4n) is 1.81. The number of hydrogen-bond donors (Lipinski definition) is 2. The number of aliphatic hydroxyl groups excluding tert-OH is 2. The molecule has 1 aliphatic carbocycles. The molecule has 0 aromatic heterocycles. The van der Waals surface area contributed by atoms with E-state index in [9.17, 15) is 10.2 Å². The molecule has 2 atom stereocenters. The SMILES string of the molecule is OC1CCC=C(c2ccccc2)C1O. The third-order valence-electron chi connectivity index (χ3n) is 2.62. The third-order valence-corrected chi connectivity index (χ3v) is 2.62. The molecule has 1 aliphatic rings. The van der Waals surface area contributed by atoms with Crippen molar-refractivity contribution in [3.8, 4) is 0 Å². The van der Waals surface area contributed by atoms with E-state index in [4.69, 9.17) is 0 Å². The van der Waals surface area contributed by atoms with E-state index >= 15 is 0 Å². The Hall–Kier alpha value is -1.12. The Balaban J connectivity index is 2.30. The predicted molar refractivity (Wildman–Crippen MR) is 55.7 cm³/mol. The van der Waals surface area contributed by atoms with Gasteiger partial charge in [-0.3, -0.25) is 0 Å². The second kappa shape index (κ2) is 3.95. The summed E-state index contributed by atoms with van der Waals surface area (Å²) in [5.74, 6) is 0. The average Bonchev–Trinajstić information content (AvgIpc) is 2.23. The van der Waals surface area contributed by atoms with Gasteiger partial charge in [0.05, 0.1) is 6.10 Å². The first-order chi connectivity index (χ1) is 6.79. The van der Waals surface area contributed by atoms with E-state index in [1.54, 1.807) is 0 Å². The van der Waals surface area contributed by atoms with Crippen molar-refractivity contribution < 1.29 is 10.2 Å². The topological polar surface area (TPSA) is 40.5 Å². The molecule has 1 aromatic carbocycles. The highest BCUT2D eigenvalue weighted by molar-refractivity contribution is 5.69. The molecular formula is C12H14O2. The highest BCUT2D eigenvalue weighted by Gasteiger charge is 2.24. The van der Waals surface area contributed by atoms with Gasteiger partial charge in [0.2, 0.25) is 0 Å². The molecule has 1 aromatic rings. The smallest absolute Gasteiger partial charge is 0.105 e. The lowest BCUT2D eigenvalue weighted by Gasteiger charge is -2.25. The van der Waals surface area contributed by atoms with Crippen LogP contribution in [-0.4, -0.2) is 22.4 Å². The maximum atomic E-state index is 9.77. The quantitative estimate of drug-likeness (QED) is 0.706. The molecule has 2 unspecified atom stereocenters. The number of rotatable bonds is 1. The second-order valence-electron chi connectivity index (χ2n) is 3.62. The lowest BCUT2D eigenvalue weighted by Crippen LogP contribution is -2.29. The van der Waals surface area contributed by atoms with Crippen LogP contribution < -0.4 is 0 Å². The van der Waals surface area contributed by atoms with Crippen molar-refractivity contribution >= 4 is 5.57 Å². The van der Waals surface area contributed by atoms with Gasteiger partial charge in [0, 0.05) is 0 Å². The van der Waals surface area contributed by atoms with Gasteiger partial charge in [-0.25, -0.2) is 0 Å².